The van der Waals surface area contributed by atoms with E-state index in [1.54, 1.807) is 18.2 Å². The molecule has 0 radical (unpaired) electrons. The van der Waals surface area contributed by atoms with Gasteiger partial charge in [0.1, 0.15) is 11.6 Å². The summed E-state index contributed by atoms with van der Waals surface area (Å²) in [5.41, 5.74) is 5.74. The first-order chi connectivity index (χ1) is 16.0. The van der Waals surface area contributed by atoms with Gasteiger partial charge in [0.2, 0.25) is 0 Å². The molecule has 0 bridgehead atoms. The van der Waals surface area contributed by atoms with Crippen LogP contribution in [0, 0.1) is 25.2 Å². The smallest absolute Gasteiger partial charge is 0.266 e. The third kappa shape index (κ3) is 5.19. The number of carbonyl (C=O) groups excluding carboxylic acids is 1. The Morgan fingerprint density at radius 3 is 2.45 bits per heavy atom. The SMILES string of the molecule is Cc1cc(/C=C(\C#N)C(=O)Nc2cccc(Br)c2)c(C)n1-c1ccc(N2CCOCC2)cc1. The maximum Gasteiger partial charge on any atom is 0.266 e. The fourth-order valence-corrected chi connectivity index (χ4v) is 4.43. The first-order valence-corrected chi connectivity index (χ1v) is 11.6. The summed E-state index contributed by atoms with van der Waals surface area (Å²) in [5.74, 6) is -0.435. The zero-order valence-electron chi connectivity index (χ0n) is 18.6. The molecule has 1 aliphatic heterocycles. The molecule has 168 valence electrons. The molecule has 1 fully saturated rings. The lowest BCUT2D eigenvalue weighted by atomic mass is 10.1. The number of nitrogens with zero attached hydrogens (tertiary/aromatic N) is 3. The molecule has 6 nitrogen and oxygen atoms in total. The first-order valence-electron chi connectivity index (χ1n) is 10.8. The fourth-order valence-electron chi connectivity index (χ4n) is 4.03. The molecule has 1 saturated heterocycles. The van der Waals surface area contributed by atoms with Crippen LogP contribution in [0.5, 0.6) is 0 Å². The average molecular weight is 505 g/mol. The molecule has 4 rings (SSSR count). The number of anilines is 2. The monoisotopic (exact) mass is 504 g/mol. The van der Waals surface area contributed by atoms with E-state index >= 15 is 0 Å². The Labute approximate surface area is 202 Å². The quantitative estimate of drug-likeness (QED) is 0.381. The van der Waals surface area contributed by atoms with Gasteiger partial charge < -0.3 is 19.5 Å². The van der Waals surface area contributed by atoms with Crippen molar-refractivity contribution in [2.24, 2.45) is 0 Å². The first kappa shape index (κ1) is 22.8. The Bertz CT molecular complexity index is 1230. The second-order valence-corrected chi connectivity index (χ2v) is 8.83. The normalized spacial score (nSPS) is 14.1. The van der Waals surface area contributed by atoms with Gasteiger partial charge in [-0.1, -0.05) is 22.0 Å². The van der Waals surface area contributed by atoms with Gasteiger partial charge in [0, 0.05) is 46.0 Å². The maximum absolute atomic E-state index is 12.7. The van der Waals surface area contributed by atoms with Crippen molar-refractivity contribution in [3.05, 3.63) is 81.6 Å². The van der Waals surface area contributed by atoms with Crippen molar-refractivity contribution in [3.8, 4) is 11.8 Å². The molecular weight excluding hydrogens is 480 g/mol. The summed E-state index contributed by atoms with van der Waals surface area (Å²) >= 11 is 3.39. The van der Waals surface area contributed by atoms with Crippen molar-refractivity contribution in [2.75, 3.05) is 36.5 Å². The van der Waals surface area contributed by atoms with Crippen molar-refractivity contribution in [1.29, 1.82) is 5.26 Å². The number of morpholine rings is 1. The van der Waals surface area contributed by atoms with E-state index in [0.29, 0.717) is 5.69 Å². The lowest BCUT2D eigenvalue weighted by Gasteiger charge is -2.29. The molecule has 3 aromatic rings. The van der Waals surface area contributed by atoms with Crippen molar-refractivity contribution in [1.82, 2.24) is 4.57 Å². The van der Waals surface area contributed by atoms with Crippen LogP contribution in [0.4, 0.5) is 11.4 Å². The van der Waals surface area contributed by atoms with Crippen LogP contribution in [0.2, 0.25) is 0 Å². The van der Waals surface area contributed by atoms with E-state index in [-0.39, 0.29) is 5.57 Å². The Balaban J connectivity index is 1.58. The van der Waals surface area contributed by atoms with Crippen molar-refractivity contribution in [3.63, 3.8) is 0 Å². The summed E-state index contributed by atoms with van der Waals surface area (Å²) in [6.45, 7) is 7.32. The van der Waals surface area contributed by atoms with Crippen LogP contribution < -0.4 is 10.2 Å². The highest BCUT2D eigenvalue weighted by Crippen LogP contribution is 2.25. The lowest BCUT2D eigenvalue weighted by Crippen LogP contribution is -2.36. The molecule has 33 heavy (non-hydrogen) atoms. The van der Waals surface area contributed by atoms with Gasteiger partial charge in [-0.2, -0.15) is 5.26 Å². The zero-order valence-corrected chi connectivity index (χ0v) is 20.2. The van der Waals surface area contributed by atoms with Gasteiger partial charge in [0.05, 0.1) is 13.2 Å². The van der Waals surface area contributed by atoms with Crippen molar-refractivity contribution >= 4 is 39.3 Å². The van der Waals surface area contributed by atoms with E-state index in [9.17, 15) is 10.1 Å². The molecule has 1 aliphatic rings. The largest absolute Gasteiger partial charge is 0.378 e. The predicted octanol–water partition coefficient (Wildman–Crippen LogP) is 5.24. The number of aromatic nitrogens is 1. The Hall–Kier alpha value is -3.34. The zero-order chi connectivity index (χ0) is 23.4. The number of halogens is 1. The van der Waals surface area contributed by atoms with Gasteiger partial charge in [-0.15, -0.1) is 0 Å². The Morgan fingerprint density at radius 1 is 1.09 bits per heavy atom. The van der Waals surface area contributed by atoms with E-state index < -0.39 is 5.91 Å². The van der Waals surface area contributed by atoms with E-state index in [4.69, 9.17) is 4.74 Å². The third-order valence-corrected chi connectivity index (χ3v) is 6.20. The number of amides is 1. The molecule has 1 aromatic heterocycles. The van der Waals surface area contributed by atoms with Gasteiger partial charge in [-0.25, -0.2) is 0 Å². The molecular formula is C26H25BrN4O2. The van der Waals surface area contributed by atoms with Crippen LogP contribution in [-0.4, -0.2) is 36.8 Å². The fraction of sp³-hybridized carbons (Fsp3) is 0.231. The number of aryl methyl sites for hydroxylation is 1. The minimum atomic E-state index is -0.435. The van der Waals surface area contributed by atoms with E-state index in [1.165, 1.54) is 5.69 Å². The van der Waals surface area contributed by atoms with Crippen LogP contribution in [0.3, 0.4) is 0 Å². The molecule has 0 spiro atoms. The minimum Gasteiger partial charge on any atom is -0.378 e. The molecule has 0 saturated carbocycles. The van der Waals surface area contributed by atoms with Crippen LogP contribution >= 0.6 is 15.9 Å². The summed E-state index contributed by atoms with van der Waals surface area (Å²) in [6, 6.07) is 19.8. The molecule has 2 heterocycles. The van der Waals surface area contributed by atoms with Crippen LogP contribution in [-0.2, 0) is 9.53 Å². The van der Waals surface area contributed by atoms with Gasteiger partial charge in [-0.05, 0) is 74.0 Å². The summed E-state index contributed by atoms with van der Waals surface area (Å²) in [6.07, 6.45) is 1.65. The number of benzene rings is 2. The molecule has 0 atom stereocenters. The number of rotatable bonds is 5. The highest BCUT2D eigenvalue weighted by atomic mass is 79.9. The van der Waals surface area contributed by atoms with Gasteiger partial charge in [0.15, 0.2) is 0 Å². The molecule has 0 aliphatic carbocycles. The molecule has 0 unspecified atom stereocenters. The highest BCUT2D eigenvalue weighted by Gasteiger charge is 2.15. The standard InChI is InChI=1S/C26H25BrN4O2/c1-18-14-20(15-21(17-28)26(32)29-23-5-3-4-22(27)16-23)19(2)31(18)25-8-6-24(7-9-25)30-10-12-33-13-11-30/h3-9,14-16H,10-13H2,1-2H3,(H,29,32)/b21-15+. The summed E-state index contributed by atoms with van der Waals surface area (Å²) < 4.78 is 8.43. The highest BCUT2D eigenvalue weighted by molar-refractivity contribution is 9.10. The number of carbonyl (C=O) groups is 1. The van der Waals surface area contributed by atoms with Gasteiger partial charge in [0.25, 0.3) is 5.91 Å². The number of hydrogen-bond acceptors (Lipinski definition) is 4. The van der Waals surface area contributed by atoms with Crippen molar-refractivity contribution < 1.29 is 9.53 Å². The summed E-state index contributed by atoms with van der Waals surface area (Å²) in [5, 5.41) is 12.4. The predicted molar refractivity (Wildman–Crippen MR) is 135 cm³/mol. The molecule has 1 N–H and O–H groups in total. The van der Waals surface area contributed by atoms with E-state index in [1.807, 2.05) is 38.1 Å². The number of nitrogens with one attached hydrogen (secondary N) is 1. The van der Waals surface area contributed by atoms with E-state index in [2.05, 4.69) is 55.0 Å². The summed E-state index contributed by atoms with van der Waals surface area (Å²) in [7, 11) is 0. The molecule has 2 aromatic carbocycles. The van der Waals surface area contributed by atoms with Gasteiger partial charge in [-0.3, -0.25) is 4.79 Å². The maximum atomic E-state index is 12.7. The Morgan fingerprint density at radius 2 is 1.79 bits per heavy atom. The van der Waals surface area contributed by atoms with Crippen LogP contribution in [0.1, 0.15) is 17.0 Å². The average Bonchev–Trinajstić information content (AvgIpc) is 3.10. The van der Waals surface area contributed by atoms with Crippen LogP contribution in [0.15, 0.2) is 64.6 Å². The van der Waals surface area contributed by atoms with E-state index in [0.717, 1.165) is 53.4 Å². The number of ether oxygens (including phenoxy) is 1. The second-order valence-electron chi connectivity index (χ2n) is 7.91. The Kier molecular flexibility index (Phi) is 6.97. The number of nitriles is 1. The topological polar surface area (TPSA) is 70.3 Å². The van der Waals surface area contributed by atoms with Gasteiger partial charge >= 0.3 is 0 Å². The third-order valence-electron chi connectivity index (χ3n) is 5.70. The number of hydrogen-bond donors (Lipinski definition) is 1. The molecule has 7 heteroatoms. The van der Waals surface area contributed by atoms with Crippen LogP contribution in [0.25, 0.3) is 11.8 Å². The lowest BCUT2D eigenvalue weighted by molar-refractivity contribution is -0.112. The molecule has 1 amide bonds. The minimum absolute atomic E-state index is 0.0536. The second kappa shape index (κ2) is 10.1. The summed E-state index contributed by atoms with van der Waals surface area (Å²) in [4.78, 5) is 15.0. The van der Waals surface area contributed by atoms with Crippen molar-refractivity contribution in [2.45, 2.75) is 13.8 Å².